The monoisotopic (exact) mass is 911 g/mol. The van der Waals surface area contributed by atoms with E-state index in [2.05, 4.69) is 10.6 Å². The number of hydrogen-bond acceptors (Lipinski definition) is 22. The Bertz CT molecular complexity index is 1640. The Morgan fingerprint density at radius 3 is 2.08 bits per heavy atom. The molecule has 4 aliphatic heterocycles. The summed E-state index contributed by atoms with van der Waals surface area (Å²) in [5, 5.41) is 122. The molecule has 16 atom stereocenters. The second kappa shape index (κ2) is 22.3. The molecule has 0 spiro atoms. The van der Waals surface area contributed by atoms with Crippen LogP contribution in [0, 0.1) is 0 Å². The number of carboxylic acid groups (broad SMARTS) is 1. The number of carboxylic acids is 1. The molecule has 0 bridgehead atoms. The van der Waals surface area contributed by atoms with Crippen molar-refractivity contribution in [3.8, 4) is 0 Å². The SMILES string of the molecule is CC(=O)N[C@H]1[C@H]([C@H](O)[C@H](O)CO)O[C@@](O[C@H]2[C@@H](O)[C@@H](CO)O[C@@H](O[C@H]3[C@H](O)[C@@H](O)[C@H](N(CCN(C)CCNC(=O)CN4C(=O)C=CC4=O)C(C)=O)O[C@@H]3CO)[C@@H]2O)(C(=O)O)C[C@@H]1O. The van der Waals surface area contributed by atoms with Crippen LogP contribution >= 0.6 is 0 Å². The van der Waals surface area contributed by atoms with Crippen LogP contribution in [0.25, 0.3) is 0 Å². The molecule has 0 aromatic rings. The van der Waals surface area contributed by atoms with E-state index < -0.39 is 166 Å². The standard InChI is InChI=1S/C36H57N5O22/c1-15(45)38-24-17(47)10-36(35(57)58,62-31(24)25(52)18(48)12-42)63-32-26(53)19(13-43)60-34(29(32)56)61-30-20(14-44)59-33(28(55)27(30)54)40(16(2)46)9-8-39(3)7-6-37-21(49)11-41-22(50)4-5-23(41)51/h4-5,17-20,24-34,42-44,47-48,52-56H,6-14H2,1-3H3,(H,37,49)(H,38,45)(H,57,58)/t17-,18+,19+,20+,24+,25+,26-,27+,28+,29+,30+,31+,32-,33+,34-,36-/m0/s1. The van der Waals surface area contributed by atoms with Gasteiger partial charge in [-0.05, 0) is 7.05 Å². The lowest BCUT2D eigenvalue weighted by molar-refractivity contribution is -0.382. The van der Waals surface area contributed by atoms with Crippen LogP contribution in [0.2, 0.25) is 0 Å². The highest BCUT2D eigenvalue weighted by atomic mass is 16.8. The maximum Gasteiger partial charge on any atom is 0.364 e. The van der Waals surface area contributed by atoms with Crippen LogP contribution in [0.3, 0.4) is 0 Å². The molecule has 0 aromatic heterocycles. The number of ether oxygens (including phenoxy) is 5. The largest absolute Gasteiger partial charge is 0.477 e. The van der Waals surface area contributed by atoms with Crippen LogP contribution < -0.4 is 10.6 Å². The van der Waals surface area contributed by atoms with E-state index in [4.69, 9.17) is 23.7 Å². The van der Waals surface area contributed by atoms with Crippen LogP contribution in [0.1, 0.15) is 20.3 Å². The molecule has 63 heavy (non-hydrogen) atoms. The number of hydrogen-bond donors (Lipinski definition) is 13. The highest BCUT2D eigenvalue weighted by Crippen LogP contribution is 2.38. The van der Waals surface area contributed by atoms with E-state index in [1.54, 1.807) is 11.9 Å². The first kappa shape index (κ1) is 51.8. The van der Waals surface area contributed by atoms with Crippen molar-refractivity contribution in [3.63, 3.8) is 0 Å². The summed E-state index contributed by atoms with van der Waals surface area (Å²) < 4.78 is 28.4. The number of imide groups is 1. The fourth-order valence-electron chi connectivity index (χ4n) is 7.45. The van der Waals surface area contributed by atoms with Gasteiger partial charge in [-0.25, -0.2) is 4.79 Å². The lowest BCUT2D eigenvalue weighted by Crippen LogP contribution is -2.71. The number of carbonyl (C=O) groups excluding carboxylic acids is 5. The first-order chi connectivity index (χ1) is 29.6. The van der Waals surface area contributed by atoms with Gasteiger partial charge in [-0.15, -0.1) is 0 Å². The first-order valence-corrected chi connectivity index (χ1v) is 19.8. The number of amides is 5. The molecule has 0 unspecified atom stereocenters. The zero-order valence-electron chi connectivity index (χ0n) is 34.4. The Labute approximate surface area is 358 Å². The molecule has 0 radical (unpaired) electrons. The summed E-state index contributed by atoms with van der Waals surface area (Å²) in [6.07, 6.45) is -26.4. The van der Waals surface area contributed by atoms with Gasteiger partial charge in [0.1, 0.15) is 73.7 Å². The van der Waals surface area contributed by atoms with Gasteiger partial charge in [0.2, 0.25) is 17.7 Å². The van der Waals surface area contributed by atoms with Crippen molar-refractivity contribution in [2.75, 3.05) is 59.6 Å². The second-order valence-corrected chi connectivity index (χ2v) is 15.5. The van der Waals surface area contributed by atoms with Gasteiger partial charge >= 0.3 is 5.97 Å². The molecule has 3 saturated heterocycles. The number of aliphatic hydroxyl groups excluding tert-OH is 10. The predicted octanol–water partition coefficient (Wildman–Crippen LogP) is -9.39. The van der Waals surface area contributed by atoms with Gasteiger partial charge in [-0.1, -0.05) is 0 Å². The zero-order chi connectivity index (χ0) is 47.1. The molecule has 27 heteroatoms. The van der Waals surface area contributed by atoms with E-state index in [-0.39, 0.29) is 26.2 Å². The average molecular weight is 912 g/mol. The van der Waals surface area contributed by atoms with Crippen LogP contribution in [0.4, 0.5) is 0 Å². The minimum atomic E-state index is -3.10. The summed E-state index contributed by atoms with van der Waals surface area (Å²) in [6, 6.07) is -1.59. The molecular formula is C36H57N5O22. The molecule has 0 saturated carbocycles. The highest BCUT2D eigenvalue weighted by molar-refractivity contribution is 6.14. The second-order valence-electron chi connectivity index (χ2n) is 15.5. The number of carbonyl (C=O) groups is 6. The third kappa shape index (κ3) is 12.1. The lowest BCUT2D eigenvalue weighted by Gasteiger charge is -2.51. The maximum absolute atomic E-state index is 12.8. The van der Waals surface area contributed by atoms with E-state index in [9.17, 15) is 84.9 Å². The van der Waals surface area contributed by atoms with Crippen LogP contribution in [-0.2, 0) is 52.5 Å². The van der Waals surface area contributed by atoms with Crippen molar-refractivity contribution in [3.05, 3.63) is 12.2 Å². The Balaban J connectivity index is 1.46. The molecule has 0 aromatic carbocycles. The molecule has 358 valence electrons. The van der Waals surface area contributed by atoms with Crippen molar-refractivity contribution < 1.29 is 109 Å². The van der Waals surface area contributed by atoms with E-state index in [1.807, 2.05) is 0 Å². The third-order valence-electron chi connectivity index (χ3n) is 10.9. The molecule has 4 aliphatic rings. The van der Waals surface area contributed by atoms with Gasteiger partial charge in [0.05, 0.1) is 32.0 Å². The molecule has 4 heterocycles. The van der Waals surface area contributed by atoms with E-state index in [1.165, 1.54) is 0 Å². The molecular weight excluding hydrogens is 854 g/mol. The van der Waals surface area contributed by atoms with Crippen LogP contribution in [-0.4, -0.2) is 264 Å². The Hall–Kier alpha value is -3.88. The number of likely N-dealkylation sites (N-methyl/N-ethyl adjacent to an activating group) is 1. The lowest BCUT2D eigenvalue weighted by atomic mass is 9.88. The Morgan fingerprint density at radius 2 is 1.52 bits per heavy atom. The van der Waals surface area contributed by atoms with Gasteiger partial charge in [-0.3, -0.25) is 28.9 Å². The third-order valence-corrected chi connectivity index (χ3v) is 10.9. The highest BCUT2D eigenvalue weighted by Gasteiger charge is 2.60. The summed E-state index contributed by atoms with van der Waals surface area (Å²) in [6.45, 7) is -1.11. The van der Waals surface area contributed by atoms with Gasteiger partial charge in [0, 0.05) is 58.6 Å². The minimum Gasteiger partial charge on any atom is -0.477 e. The summed E-state index contributed by atoms with van der Waals surface area (Å²) >= 11 is 0. The van der Waals surface area contributed by atoms with Crippen LogP contribution in [0.5, 0.6) is 0 Å². The van der Waals surface area contributed by atoms with Crippen molar-refractivity contribution in [2.24, 2.45) is 0 Å². The molecule has 3 fully saturated rings. The minimum absolute atomic E-state index is 0.0742. The normalized spacial score (nSPS) is 35.7. The van der Waals surface area contributed by atoms with Gasteiger partial charge < -0.3 is 100 Å². The summed E-state index contributed by atoms with van der Waals surface area (Å²) in [5.74, 6) is -8.37. The maximum atomic E-state index is 12.8. The van der Waals surface area contributed by atoms with E-state index >= 15 is 0 Å². The molecule has 13 N–H and O–H groups in total. The number of nitrogens with zero attached hydrogens (tertiary/aromatic N) is 3. The first-order valence-electron chi connectivity index (χ1n) is 19.8. The molecule has 27 nitrogen and oxygen atoms in total. The van der Waals surface area contributed by atoms with Gasteiger partial charge in [-0.2, -0.15) is 0 Å². The molecule has 4 rings (SSSR count). The molecule has 0 aliphatic carbocycles. The van der Waals surface area contributed by atoms with Crippen molar-refractivity contribution in [1.82, 2.24) is 25.3 Å². The van der Waals surface area contributed by atoms with Gasteiger partial charge in [0.25, 0.3) is 17.6 Å². The number of nitrogens with one attached hydrogen (secondary N) is 2. The smallest absolute Gasteiger partial charge is 0.364 e. The molecule has 5 amide bonds. The van der Waals surface area contributed by atoms with Gasteiger partial charge in [0.15, 0.2) is 12.5 Å². The topological polar surface area (TPSA) is 405 Å². The Morgan fingerprint density at radius 1 is 0.889 bits per heavy atom. The number of aliphatic hydroxyl groups is 10. The summed E-state index contributed by atoms with van der Waals surface area (Å²) in [5.41, 5.74) is 0. The number of aliphatic carboxylic acids is 1. The average Bonchev–Trinajstić information content (AvgIpc) is 3.54. The summed E-state index contributed by atoms with van der Waals surface area (Å²) in [4.78, 5) is 76.7. The zero-order valence-corrected chi connectivity index (χ0v) is 34.4. The van der Waals surface area contributed by atoms with Crippen molar-refractivity contribution in [1.29, 1.82) is 0 Å². The fraction of sp³-hybridized carbons (Fsp3) is 0.778. The van der Waals surface area contributed by atoms with Crippen LogP contribution in [0.15, 0.2) is 12.2 Å². The quantitative estimate of drug-likeness (QED) is 0.0504. The number of rotatable bonds is 20. The van der Waals surface area contributed by atoms with E-state index in [0.717, 1.165) is 35.8 Å². The fourth-order valence-corrected chi connectivity index (χ4v) is 7.45. The summed E-state index contributed by atoms with van der Waals surface area (Å²) in [7, 11) is 1.63. The van der Waals surface area contributed by atoms with Crippen molar-refractivity contribution in [2.45, 2.75) is 118 Å². The predicted molar refractivity (Wildman–Crippen MR) is 202 cm³/mol. The van der Waals surface area contributed by atoms with E-state index in [0.29, 0.717) is 0 Å². The van der Waals surface area contributed by atoms with Crippen molar-refractivity contribution >= 4 is 35.5 Å². The Kier molecular flexibility index (Phi) is 18.4.